The minimum absolute atomic E-state index is 0.0587. The van der Waals surface area contributed by atoms with Gasteiger partial charge in [-0.1, -0.05) is 6.07 Å². The van der Waals surface area contributed by atoms with Gasteiger partial charge in [-0.05, 0) is 56.5 Å². The molecule has 3 heterocycles. The Balaban J connectivity index is 1.38. The van der Waals surface area contributed by atoms with Gasteiger partial charge in [-0.25, -0.2) is 0 Å². The zero-order valence-electron chi connectivity index (χ0n) is 17.3. The first-order chi connectivity index (χ1) is 14.6. The highest BCUT2D eigenvalue weighted by Gasteiger charge is 2.49. The van der Waals surface area contributed by atoms with Crippen LogP contribution in [-0.4, -0.2) is 83.3 Å². The maximum Gasteiger partial charge on any atom is 0.264 e. The van der Waals surface area contributed by atoms with Gasteiger partial charge in [-0.3, -0.25) is 14.4 Å². The number of nitrogens with zero attached hydrogens (tertiary/aromatic N) is 3. The fraction of sp³-hybridized carbons (Fsp3) is 0.682. The maximum absolute atomic E-state index is 13.5. The molecule has 1 N–H and O–H groups in total. The normalized spacial score (nSPS) is 27.1. The van der Waals surface area contributed by atoms with Crippen LogP contribution in [0, 0.1) is 5.92 Å². The molecule has 2 saturated carbocycles. The van der Waals surface area contributed by atoms with Crippen LogP contribution in [0.5, 0.6) is 0 Å². The van der Waals surface area contributed by atoms with Gasteiger partial charge < -0.3 is 20.0 Å². The number of hydrogen-bond donors (Lipinski definition) is 1. The smallest absolute Gasteiger partial charge is 0.264 e. The Morgan fingerprint density at radius 3 is 2.57 bits per heavy atom. The summed E-state index contributed by atoms with van der Waals surface area (Å²) in [7, 11) is 0. The fourth-order valence-corrected chi connectivity index (χ4v) is 5.51. The standard InChI is InChI=1S/C22H30N4O3S/c27-20(15-4-5-15)25-14-17(13-18(25)21(28)24-10-2-8-23-9-11-24)26(16-6-7-16)22(29)19-3-1-12-30-19/h1,3,12,15-18,23H,2,4-11,13-14H2. The third-order valence-electron chi connectivity index (χ3n) is 6.73. The molecule has 0 bridgehead atoms. The molecule has 4 fully saturated rings. The second kappa shape index (κ2) is 8.30. The quantitative estimate of drug-likeness (QED) is 0.769. The van der Waals surface area contributed by atoms with Gasteiger partial charge in [0.15, 0.2) is 0 Å². The third kappa shape index (κ3) is 3.99. The highest BCUT2D eigenvalue weighted by atomic mass is 32.1. The first-order valence-corrected chi connectivity index (χ1v) is 12.2. The summed E-state index contributed by atoms with van der Waals surface area (Å²) in [4.78, 5) is 46.3. The second-order valence-corrected chi connectivity index (χ2v) is 9.97. The van der Waals surface area contributed by atoms with Crippen LogP contribution in [-0.2, 0) is 9.59 Å². The van der Waals surface area contributed by atoms with Crippen LogP contribution < -0.4 is 5.32 Å². The van der Waals surface area contributed by atoms with Crippen LogP contribution in [0.4, 0.5) is 0 Å². The number of thiophene rings is 1. The van der Waals surface area contributed by atoms with Crippen molar-refractivity contribution >= 4 is 29.1 Å². The van der Waals surface area contributed by atoms with E-state index in [1.807, 2.05) is 32.2 Å². The summed E-state index contributed by atoms with van der Waals surface area (Å²) >= 11 is 1.46. The highest BCUT2D eigenvalue weighted by Crippen LogP contribution is 2.38. The van der Waals surface area contributed by atoms with E-state index in [9.17, 15) is 14.4 Å². The van der Waals surface area contributed by atoms with Gasteiger partial charge in [0, 0.05) is 38.1 Å². The van der Waals surface area contributed by atoms with E-state index >= 15 is 0 Å². The number of carbonyl (C=O) groups excluding carboxylic acids is 3. The second-order valence-electron chi connectivity index (χ2n) is 9.02. The van der Waals surface area contributed by atoms with E-state index in [4.69, 9.17) is 0 Å². The van der Waals surface area contributed by atoms with Gasteiger partial charge >= 0.3 is 0 Å². The van der Waals surface area contributed by atoms with Gasteiger partial charge in [0.25, 0.3) is 5.91 Å². The lowest BCUT2D eigenvalue weighted by Crippen LogP contribution is -2.49. The molecular formula is C22H30N4O3S. The van der Waals surface area contributed by atoms with Gasteiger partial charge in [0.05, 0.1) is 10.9 Å². The van der Waals surface area contributed by atoms with Crippen molar-refractivity contribution in [3.63, 3.8) is 0 Å². The Morgan fingerprint density at radius 1 is 1.03 bits per heavy atom. The van der Waals surface area contributed by atoms with E-state index in [0.717, 1.165) is 56.6 Å². The molecule has 0 radical (unpaired) electrons. The predicted molar refractivity (Wildman–Crippen MR) is 114 cm³/mol. The van der Waals surface area contributed by atoms with E-state index in [-0.39, 0.29) is 35.7 Å². The minimum Gasteiger partial charge on any atom is -0.340 e. The van der Waals surface area contributed by atoms with E-state index < -0.39 is 6.04 Å². The largest absolute Gasteiger partial charge is 0.340 e. The lowest BCUT2D eigenvalue weighted by atomic mass is 10.1. The van der Waals surface area contributed by atoms with E-state index in [1.54, 1.807) is 0 Å². The molecule has 2 aliphatic carbocycles. The summed E-state index contributed by atoms with van der Waals surface area (Å²) in [6.07, 6.45) is 5.38. The molecule has 5 rings (SSSR count). The molecule has 0 aromatic carbocycles. The molecular weight excluding hydrogens is 400 g/mol. The molecule has 2 atom stereocenters. The molecule has 1 aromatic heterocycles. The number of nitrogens with one attached hydrogen (secondary N) is 1. The number of rotatable bonds is 5. The summed E-state index contributed by atoms with van der Waals surface area (Å²) in [5, 5.41) is 5.27. The van der Waals surface area contributed by atoms with Gasteiger partial charge in [-0.2, -0.15) is 0 Å². The molecule has 162 valence electrons. The number of amides is 3. The predicted octanol–water partition coefficient (Wildman–Crippen LogP) is 1.55. The molecule has 2 unspecified atom stereocenters. The maximum atomic E-state index is 13.5. The molecule has 4 aliphatic rings. The van der Waals surface area contributed by atoms with E-state index in [1.165, 1.54) is 11.3 Å². The van der Waals surface area contributed by atoms with Crippen LogP contribution in [0.2, 0.25) is 0 Å². The summed E-state index contributed by atoms with van der Waals surface area (Å²) < 4.78 is 0. The van der Waals surface area contributed by atoms with Crippen molar-refractivity contribution in [2.45, 2.75) is 56.7 Å². The van der Waals surface area contributed by atoms with Crippen molar-refractivity contribution in [3.8, 4) is 0 Å². The lowest BCUT2D eigenvalue weighted by molar-refractivity contribution is -0.144. The van der Waals surface area contributed by atoms with Crippen LogP contribution in [0.1, 0.15) is 48.2 Å². The van der Waals surface area contributed by atoms with E-state index in [2.05, 4.69) is 5.32 Å². The van der Waals surface area contributed by atoms with Crippen LogP contribution in [0.25, 0.3) is 0 Å². The Kier molecular flexibility index (Phi) is 5.54. The Labute approximate surface area is 181 Å². The SMILES string of the molecule is O=C(C1CC(N(C(=O)c2cccs2)C2CC2)CN1C(=O)C1CC1)N1CCCNCC1. The Hall–Kier alpha value is -1.93. The summed E-state index contributed by atoms with van der Waals surface area (Å²) in [5.41, 5.74) is 0. The van der Waals surface area contributed by atoms with Crippen molar-refractivity contribution in [2.24, 2.45) is 5.92 Å². The highest BCUT2D eigenvalue weighted by molar-refractivity contribution is 7.12. The minimum atomic E-state index is -0.432. The molecule has 1 aromatic rings. The van der Waals surface area contributed by atoms with Crippen LogP contribution in [0.15, 0.2) is 17.5 Å². The number of likely N-dealkylation sites (tertiary alicyclic amines) is 1. The van der Waals surface area contributed by atoms with Crippen molar-refractivity contribution in [1.82, 2.24) is 20.0 Å². The lowest BCUT2D eigenvalue weighted by Gasteiger charge is -2.29. The van der Waals surface area contributed by atoms with E-state index in [0.29, 0.717) is 19.5 Å². The molecule has 30 heavy (non-hydrogen) atoms. The molecule has 7 nitrogen and oxygen atoms in total. The number of hydrogen-bond acceptors (Lipinski definition) is 5. The Morgan fingerprint density at radius 2 is 1.87 bits per heavy atom. The summed E-state index contributed by atoms with van der Waals surface area (Å²) in [6.45, 7) is 3.63. The first-order valence-electron chi connectivity index (χ1n) is 11.3. The summed E-state index contributed by atoms with van der Waals surface area (Å²) in [5.74, 6) is 0.313. The van der Waals surface area contributed by atoms with Gasteiger partial charge in [-0.15, -0.1) is 11.3 Å². The third-order valence-corrected chi connectivity index (χ3v) is 7.58. The molecule has 2 saturated heterocycles. The average Bonchev–Trinajstić information content (AvgIpc) is 3.67. The number of carbonyl (C=O) groups is 3. The zero-order valence-corrected chi connectivity index (χ0v) is 18.1. The van der Waals surface area contributed by atoms with Crippen molar-refractivity contribution < 1.29 is 14.4 Å². The fourth-order valence-electron chi connectivity index (χ4n) is 4.84. The summed E-state index contributed by atoms with van der Waals surface area (Å²) in [6, 6.07) is 3.52. The molecule has 8 heteroatoms. The molecule has 0 spiro atoms. The van der Waals surface area contributed by atoms with Crippen molar-refractivity contribution in [3.05, 3.63) is 22.4 Å². The van der Waals surface area contributed by atoms with Crippen LogP contribution in [0.3, 0.4) is 0 Å². The van der Waals surface area contributed by atoms with Gasteiger partial charge in [0.2, 0.25) is 11.8 Å². The topological polar surface area (TPSA) is 73.0 Å². The Bertz CT molecular complexity index is 797. The van der Waals surface area contributed by atoms with Crippen molar-refractivity contribution in [2.75, 3.05) is 32.7 Å². The van der Waals surface area contributed by atoms with Gasteiger partial charge in [0.1, 0.15) is 6.04 Å². The monoisotopic (exact) mass is 430 g/mol. The molecule has 2 aliphatic heterocycles. The first kappa shape index (κ1) is 20.0. The molecule has 3 amide bonds. The van der Waals surface area contributed by atoms with Crippen LogP contribution >= 0.6 is 11.3 Å². The zero-order chi connectivity index (χ0) is 20.7. The average molecular weight is 431 g/mol. The van der Waals surface area contributed by atoms with Crippen molar-refractivity contribution in [1.29, 1.82) is 0 Å².